The van der Waals surface area contributed by atoms with E-state index in [-0.39, 0.29) is 17.8 Å². The summed E-state index contributed by atoms with van der Waals surface area (Å²) in [6.45, 7) is 2.62. The van der Waals surface area contributed by atoms with Crippen molar-refractivity contribution < 1.29 is 13.9 Å². The van der Waals surface area contributed by atoms with Crippen LogP contribution < -0.4 is 15.4 Å². The lowest BCUT2D eigenvalue weighted by Gasteiger charge is -2.27. The molecule has 0 aromatic heterocycles. The number of hydrogen-bond acceptors (Lipinski definition) is 3. The first-order valence-corrected chi connectivity index (χ1v) is 7.64. The van der Waals surface area contributed by atoms with Crippen molar-refractivity contribution in [2.75, 3.05) is 19.7 Å². The lowest BCUT2D eigenvalue weighted by atomic mass is 9.99. The maximum absolute atomic E-state index is 13.4. The third-order valence-electron chi connectivity index (χ3n) is 4.29. The van der Waals surface area contributed by atoms with Crippen LogP contribution in [0.3, 0.4) is 0 Å². The molecule has 3 rings (SSSR count). The van der Waals surface area contributed by atoms with E-state index >= 15 is 0 Å². The molecular weight excluding hydrogens is 271 g/mol. The van der Waals surface area contributed by atoms with Crippen molar-refractivity contribution in [3.05, 3.63) is 29.6 Å². The highest BCUT2D eigenvalue weighted by Gasteiger charge is 2.24. The Bertz CT molecular complexity index is 515. The fraction of sp³-hybridized carbons (Fsp3) is 0.562. The first kappa shape index (κ1) is 14.3. The fourth-order valence-electron chi connectivity index (χ4n) is 3.08. The molecule has 5 heteroatoms. The second kappa shape index (κ2) is 6.43. The predicted octanol–water partition coefficient (Wildman–Crippen LogP) is 2.16. The van der Waals surface area contributed by atoms with Gasteiger partial charge in [-0.2, -0.15) is 0 Å². The highest BCUT2D eigenvalue weighted by Crippen LogP contribution is 2.32. The first-order chi connectivity index (χ1) is 10.2. The molecule has 2 unspecified atom stereocenters. The number of nitrogens with one attached hydrogen (secondary N) is 2. The maximum Gasteiger partial charge on any atom is 0.220 e. The Kier molecular flexibility index (Phi) is 4.39. The Hall–Kier alpha value is -1.62. The van der Waals surface area contributed by atoms with Crippen molar-refractivity contribution in [2.24, 2.45) is 5.92 Å². The minimum atomic E-state index is -0.296. The predicted molar refractivity (Wildman–Crippen MR) is 77.6 cm³/mol. The molecule has 114 valence electrons. The van der Waals surface area contributed by atoms with Crippen LogP contribution in [-0.4, -0.2) is 25.6 Å². The van der Waals surface area contributed by atoms with Gasteiger partial charge >= 0.3 is 0 Å². The Morgan fingerprint density at radius 1 is 1.43 bits per heavy atom. The second-order valence-electron chi connectivity index (χ2n) is 5.84. The topological polar surface area (TPSA) is 50.4 Å². The van der Waals surface area contributed by atoms with Crippen LogP contribution in [0.2, 0.25) is 0 Å². The summed E-state index contributed by atoms with van der Waals surface area (Å²) in [6, 6.07) is 4.34. The van der Waals surface area contributed by atoms with Gasteiger partial charge in [-0.15, -0.1) is 0 Å². The zero-order valence-electron chi connectivity index (χ0n) is 12.0. The Labute approximate surface area is 124 Å². The smallest absolute Gasteiger partial charge is 0.220 e. The molecule has 0 spiro atoms. The normalized spacial score (nSPS) is 24.2. The van der Waals surface area contributed by atoms with Gasteiger partial charge < -0.3 is 15.4 Å². The molecule has 4 nitrogen and oxygen atoms in total. The molecule has 1 saturated heterocycles. The van der Waals surface area contributed by atoms with Gasteiger partial charge in [0.1, 0.15) is 11.6 Å². The van der Waals surface area contributed by atoms with Crippen molar-refractivity contribution in [3.63, 3.8) is 0 Å². The number of fused-ring (bicyclic) bond motifs is 1. The van der Waals surface area contributed by atoms with E-state index in [1.165, 1.54) is 12.1 Å². The summed E-state index contributed by atoms with van der Waals surface area (Å²) in [6.07, 6.45) is 3.29. The molecule has 2 aliphatic rings. The van der Waals surface area contributed by atoms with Crippen LogP contribution >= 0.6 is 0 Å². The number of hydrogen-bond donors (Lipinski definition) is 2. The van der Waals surface area contributed by atoms with E-state index in [4.69, 9.17) is 4.74 Å². The number of halogens is 1. The van der Waals surface area contributed by atoms with Gasteiger partial charge in [0.2, 0.25) is 5.91 Å². The van der Waals surface area contributed by atoms with Crippen LogP contribution in [0.25, 0.3) is 0 Å². The van der Waals surface area contributed by atoms with E-state index < -0.39 is 0 Å². The summed E-state index contributed by atoms with van der Waals surface area (Å²) in [5.41, 5.74) is 0.747. The van der Waals surface area contributed by atoms with Crippen molar-refractivity contribution in [2.45, 2.75) is 31.7 Å². The number of carbonyl (C=O) groups excluding carboxylic acids is 1. The van der Waals surface area contributed by atoms with Crippen molar-refractivity contribution in [1.82, 2.24) is 10.6 Å². The summed E-state index contributed by atoms with van der Waals surface area (Å²) in [5.74, 6) is 1.03. The van der Waals surface area contributed by atoms with Crippen LogP contribution in [-0.2, 0) is 4.79 Å². The van der Waals surface area contributed by atoms with E-state index in [9.17, 15) is 9.18 Å². The third kappa shape index (κ3) is 3.53. The SMILES string of the molecule is O=C(CCC1CCNC1)NC1CCOc2ccc(F)cc21. The fourth-order valence-corrected chi connectivity index (χ4v) is 3.08. The van der Waals surface area contributed by atoms with Gasteiger partial charge in [0.05, 0.1) is 12.6 Å². The highest BCUT2D eigenvalue weighted by molar-refractivity contribution is 5.76. The molecular formula is C16H21FN2O2. The van der Waals surface area contributed by atoms with E-state index in [1.54, 1.807) is 6.07 Å². The van der Waals surface area contributed by atoms with Crippen LogP contribution in [0.5, 0.6) is 5.75 Å². The third-order valence-corrected chi connectivity index (χ3v) is 4.29. The van der Waals surface area contributed by atoms with Crippen LogP contribution in [0.1, 0.15) is 37.3 Å². The molecule has 0 radical (unpaired) electrons. The molecule has 1 amide bonds. The van der Waals surface area contributed by atoms with E-state index in [0.717, 1.165) is 31.5 Å². The number of carbonyl (C=O) groups is 1. The molecule has 0 aliphatic carbocycles. The largest absolute Gasteiger partial charge is 0.493 e. The average Bonchev–Trinajstić information content (AvgIpc) is 2.99. The van der Waals surface area contributed by atoms with E-state index in [1.807, 2.05) is 0 Å². The zero-order chi connectivity index (χ0) is 14.7. The number of ether oxygens (including phenoxy) is 1. The van der Waals surface area contributed by atoms with Gasteiger partial charge in [-0.25, -0.2) is 4.39 Å². The molecule has 2 N–H and O–H groups in total. The molecule has 1 fully saturated rings. The average molecular weight is 292 g/mol. The Morgan fingerprint density at radius 3 is 3.14 bits per heavy atom. The number of rotatable bonds is 4. The minimum absolute atomic E-state index is 0.0454. The Morgan fingerprint density at radius 2 is 2.33 bits per heavy atom. The lowest BCUT2D eigenvalue weighted by Crippen LogP contribution is -2.32. The van der Waals surface area contributed by atoms with Crippen molar-refractivity contribution in [1.29, 1.82) is 0 Å². The van der Waals surface area contributed by atoms with Crippen LogP contribution in [0.4, 0.5) is 4.39 Å². The second-order valence-corrected chi connectivity index (χ2v) is 5.84. The molecule has 1 aromatic rings. The zero-order valence-corrected chi connectivity index (χ0v) is 12.0. The van der Waals surface area contributed by atoms with Gasteiger partial charge in [-0.05, 0) is 50.0 Å². The quantitative estimate of drug-likeness (QED) is 0.894. The summed E-state index contributed by atoms with van der Waals surface area (Å²) >= 11 is 0. The molecule has 21 heavy (non-hydrogen) atoms. The molecule has 2 heterocycles. The number of benzene rings is 1. The molecule has 0 bridgehead atoms. The van der Waals surface area contributed by atoms with Gasteiger partial charge in [-0.3, -0.25) is 4.79 Å². The first-order valence-electron chi connectivity index (χ1n) is 7.64. The van der Waals surface area contributed by atoms with Crippen LogP contribution in [0, 0.1) is 11.7 Å². The molecule has 1 aromatic carbocycles. The summed E-state index contributed by atoms with van der Waals surface area (Å²) < 4.78 is 18.9. The molecule has 2 aliphatic heterocycles. The minimum Gasteiger partial charge on any atom is -0.493 e. The summed E-state index contributed by atoms with van der Waals surface area (Å²) in [7, 11) is 0. The monoisotopic (exact) mass is 292 g/mol. The van der Waals surface area contributed by atoms with Crippen molar-refractivity contribution >= 4 is 5.91 Å². The summed E-state index contributed by atoms with van der Waals surface area (Å²) in [5, 5.41) is 6.33. The van der Waals surface area contributed by atoms with Gasteiger partial charge in [0.25, 0.3) is 0 Å². The molecule has 0 saturated carbocycles. The number of amides is 1. The summed E-state index contributed by atoms with van der Waals surface area (Å²) in [4.78, 5) is 12.1. The lowest BCUT2D eigenvalue weighted by molar-refractivity contribution is -0.122. The van der Waals surface area contributed by atoms with Gasteiger partial charge in [0.15, 0.2) is 0 Å². The van der Waals surface area contributed by atoms with E-state index in [2.05, 4.69) is 10.6 Å². The van der Waals surface area contributed by atoms with Crippen molar-refractivity contribution in [3.8, 4) is 5.75 Å². The van der Waals surface area contributed by atoms with Crippen LogP contribution in [0.15, 0.2) is 18.2 Å². The van der Waals surface area contributed by atoms with Gasteiger partial charge in [0, 0.05) is 18.4 Å². The Balaban J connectivity index is 1.57. The standard InChI is InChI=1S/C16H21FN2O2/c17-12-2-3-15-13(9-12)14(6-8-21-15)19-16(20)4-1-11-5-7-18-10-11/h2-3,9,11,14,18H,1,4-8,10H2,(H,19,20). The van der Waals surface area contributed by atoms with Gasteiger partial charge in [-0.1, -0.05) is 0 Å². The molecule has 2 atom stereocenters. The maximum atomic E-state index is 13.4. The van der Waals surface area contributed by atoms with E-state index in [0.29, 0.717) is 31.1 Å². The highest BCUT2D eigenvalue weighted by atomic mass is 19.1.